The third-order valence-corrected chi connectivity index (χ3v) is 3.38. The third-order valence-electron chi connectivity index (χ3n) is 3.38. The van der Waals surface area contributed by atoms with Crippen molar-refractivity contribution in [3.63, 3.8) is 0 Å². The molecule has 0 radical (unpaired) electrons. The minimum absolute atomic E-state index is 0.151. The number of carbonyl (C=O) groups is 1. The van der Waals surface area contributed by atoms with Gasteiger partial charge in [0.15, 0.2) is 0 Å². The summed E-state index contributed by atoms with van der Waals surface area (Å²) in [5.41, 5.74) is -0.547. The van der Waals surface area contributed by atoms with Crippen molar-refractivity contribution in [1.82, 2.24) is 5.32 Å². The van der Waals surface area contributed by atoms with Crippen LogP contribution in [0, 0.1) is 5.92 Å². The van der Waals surface area contributed by atoms with Crippen molar-refractivity contribution in [2.24, 2.45) is 5.92 Å². The Bertz CT molecular complexity index is 220. The zero-order chi connectivity index (χ0) is 12.0. The first kappa shape index (κ1) is 13.5. The fourth-order valence-electron chi connectivity index (χ4n) is 2.27. The van der Waals surface area contributed by atoms with Crippen LogP contribution in [-0.2, 0) is 9.53 Å². The summed E-state index contributed by atoms with van der Waals surface area (Å²) >= 11 is 0. The molecular formula is C13H25NO2. The molecule has 0 unspecified atom stereocenters. The lowest BCUT2D eigenvalue weighted by molar-refractivity contribution is -0.149. The molecule has 3 nitrogen and oxygen atoms in total. The van der Waals surface area contributed by atoms with Crippen molar-refractivity contribution in [2.45, 2.75) is 58.4 Å². The molecule has 94 valence electrons. The first-order valence-electron chi connectivity index (χ1n) is 6.48. The molecule has 0 aromatic rings. The number of hydrogen-bond donors (Lipinski definition) is 1. The van der Waals surface area contributed by atoms with E-state index < -0.39 is 5.54 Å². The first-order valence-corrected chi connectivity index (χ1v) is 6.48. The molecule has 1 aliphatic carbocycles. The Morgan fingerprint density at radius 2 is 2.00 bits per heavy atom. The van der Waals surface area contributed by atoms with Crippen LogP contribution in [-0.4, -0.2) is 24.7 Å². The molecule has 0 aromatic heterocycles. The Balaban J connectivity index is 2.21. The predicted octanol–water partition coefficient (Wildman–Crippen LogP) is 2.50. The molecule has 0 saturated heterocycles. The van der Waals surface area contributed by atoms with Gasteiger partial charge in [0.05, 0.1) is 6.61 Å². The summed E-state index contributed by atoms with van der Waals surface area (Å²) in [5, 5.41) is 3.30. The summed E-state index contributed by atoms with van der Waals surface area (Å²) in [4.78, 5) is 11.6. The van der Waals surface area contributed by atoms with E-state index in [1.807, 2.05) is 20.8 Å². The number of ether oxygens (including phenoxy) is 1. The smallest absolute Gasteiger partial charge is 0.325 e. The predicted molar refractivity (Wildman–Crippen MR) is 65.3 cm³/mol. The molecule has 3 heteroatoms. The largest absolute Gasteiger partial charge is 0.465 e. The molecule has 0 aliphatic heterocycles. The number of nitrogens with one attached hydrogen (secondary N) is 1. The second-order valence-corrected chi connectivity index (χ2v) is 5.21. The van der Waals surface area contributed by atoms with Crippen LogP contribution in [0.5, 0.6) is 0 Å². The van der Waals surface area contributed by atoms with Crippen molar-refractivity contribution < 1.29 is 9.53 Å². The van der Waals surface area contributed by atoms with Crippen LogP contribution in [0.3, 0.4) is 0 Å². The average molecular weight is 227 g/mol. The van der Waals surface area contributed by atoms with Gasteiger partial charge < -0.3 is 10.1 Å². The molecule has 1 rings (SSSR count). The number of hydrogen-bond acceptors (Lipinski definition) is 3. The Kier molecular flexibility index (Phi) is 5.26. The third kappa shape index (κ3) is 4.12. The summed E-state index contributed by atoms with van der Waals surface area (Å²) in [6.45, 7) is 6.98. The molecular weight excluding hydrogens is 202 g/mol. The second kappa shape index (κ2) is 6.24. The van der Waals surface area contributed by atoms with Crippen molar-refractivity contribution in [3.8, 4) is 0 Å². The topological polar surface area (TPSA) is 38.3 Å². The number of carbonyl (C=O) groups excluding carboxylic acids is 1. The standard InChI is InChI=1S/C13H25NO2/c1-4-16-12(15)13(2,3)14-10-9-11-7-5-6-8-11/h11,14H,4-10H2,1-3H3. The fraction of sp³-hybridized carbons (Fsp3) is 0.923. The van der Waals surface area contributed by atoms with Gasteiger partial charge in [0.25, 0.3) is 0 Å². The van der Waals surface area contributed by atoms with E-state index in [0.29, 0.717) is 6.61 Å². The Hall–Kier alpha value is -0.570. The molecule has 0 amide bonds. The zero-order valence-corrected chi connectivity index (χ0v) is 10.8. The van der Waals surface area contributed by atoms with Gasteiger partial charge in [0.1, 0.15) is 5.54 Å². The first-order chi connectivity index (χ1) is 7.56. The van der Waals surface area contributed by atoms with Crippen LogP contribution < -0.4 is 5.32 Å². The van der Waals surface area contributed by atoms with Crippen LogP contribution in [0.2, 0.25) is 0 Å². The van der Waals surface area contributed by atoms with E-state index in [9.17, 15) is 4.79 Å². The minimum atomic E-state index is -0.547. The molecule has 1 aliphatic rings. The number of esters is 1. The highest BCUT2D eigenvalue weighted by Crippen LogP contribution is 2.27. The molecule has 1 saturated carbocycles. The highest BCUT2D eigenvalue weighted by molar-refractivity contribution is 5.79. The summed E-state index contributed by atoms with van der Waals surface area (Å²) in [6, 6.07) is 0. The van der Waals surface area contributed by atoms with Gasteiger partial charge in [-0.2, -0.15) is 0 Å². The molecule has 1 fully saturated rings. The molecule has 0 aromatic carbocycles. The van der Waals surface area contributed by atoms with Gasteiger partial charge in [-0.3, -0.25) is 4.79 Å². The van der Waals surface area contributed by atoms with Crippen molar-refractivity contribution in [2.75, 3.05) is 13.2 Å². The van der Waals surface area contributed by atoms with Crippen LogP contribution in [0.4, 0.5) is 0 Å². The molecule has 0 spiro atoms. The lowest BCUT2D eigenvalue weighted by Crippen LogP contribution is -2.48. The van der Waals surface area contributed by atoms with E-state index in [4.69, 9.17) is 4.74 Å². The summed E-state index contributed by atoms with van der Waals surface area (Å²) in [6.07, 6.45) is 6.67. The van der Waals surface area contributed by atoms with Gasteiger partial charge in [0, 0.05) is 0 Å². The normalized spacial score (nSPS) is 17.7. The highest BCUT2D eigenvalue weighted by atomic mass is 16.5. The fourth-order valence-corrected chi connectivity index (χ4v) is 2.27. The van der Waals surface area contributed by atoms with Crippen LogP contribution >= 0.6 is 0 Å². The van der Waals surface area contributed by atoms with E-state index in [1.54, 1.807) is 0 Å². The maximum atomic E-state index is 11.6. The summed E-state index contributed by atoms with van der Waals surface area (Å²) < 4.78 is 5.03. The van der Waals surface area contributed by atoms with Crippen LogP contribution in [0.1, 0.15) is 52.9 Å². The molecule has 16 heavy (non-hydrogen) atoms. The molecule has 1 N–H and O–H groups in total. The summed E-state index contributed by atoms with van der Waals surface area (Å²) in [7, 11) is 0. The monoisotopic (exact) mass is 227 g/mol. The Labute approximate surface area is 98.9 Å². The lowest BCUT2D eigenvalue weighted by atomic mass is 10.0. The van der Waals surface area contributed by atoms with E-state index >= 15 is 0 Å². The van der Waals surface area contributed by atoms with Crippen molar-refractivity contribution in [1.29, 1.82) is 0 Å². The lowest BCUT2D eigenvalue weighted by Gasteiger charge is -2.24. The van der Waals surface area contributed by atoms with E-state index in [2.05, 4.69) is 5.32 Å². The zero-order valence-electron chi connectivity index (χ0n) is 10.8. The summed E-state index contributed by atoms with van der Waals surface area (Å²) in [5.74, 6) is 0.715. The van der Waals surface area contributed by atoms with Crippen molar-refractivity contribution in [3.05, 3.63) is 0 Å². The minimum Gasteiger partial charge on any atom is -0.465 e. The van der Waals surface area contributed by atoms with Gasteiger partial charge >= 0.3 is 5.97 Å². The Morgan fingerprint density at radius 1 is 1.38 bits per heavy atom. The van der Waals surface area contributed by atoms with E-state index in [1.165, 1.54) is 32.1 Å². The van der Waals surface area contributed by atoms with Gasteiger partial charge in [-0.25, -0.2) is 0 Å². The molecule has 0 bridgehead atoms. The number of rotatable bonds is 6. The molecule has 0 atom stereocenters. The highest BCUT2D eigenvalue weighted by Gasteiger charge is 2.28. The van der Waals surface area contributed by atoms with Crippen LogP contribution in [0.25, 0.3) is 0 Å². The Morgan fingerprint density at radius 3 is 2.56 bits per heavy atom. The van der Waals surface area contributed by atoms with Gasteiger partial charge in [-0.05, 0) is 39.7 Å². The van der Waals surface area contributed by atoms with Gasteiger partial charge in [-0.15, -0.1) is 0 Å². The van der Waals surface area contributed by atoms with Gasteiger partial charge in [0.2, 0.25) is 0 Å². The maximum Gasteiger partial charge on any atom is 0.325 e. The van der Waals surface area contributed by atoms with E-state index in [-0.39, 0.29) is 5.97 Å². The van der Waals surface area contributed by atoms with Crippen LogP contribution in [0.15, 0.2) is 0 Å². The quantitative estimate of drug-likeness (QED) is 0.709. The average Bonchev–Trinajstić information content (AvgIpc) is 2.70. The van der Waals surface area contributed by atoms with Crippen molar-refractivity contribution >= 4 is 5.97 Å². The second-order valence-electron chi connectivity index (χ2n) is 5.21. The van der Waals surface area contributed by atoms with E-state index in [0.717, 1.165) is 12.5 Å². The molecule has 0 heterocycles. The SMILES string of the molecule is CCOC(=O)C(C)(C)NCCC1CCCC1. The van der Waals surface area contributed by atoms with Gasteiger partial charge in [-0.1, -0.05) is 25.7 Å². The maximum absolute atomic E-state index is 11.6.